The second-order valence-corrected chi connectivity index (χ2v) is 7.58. The molecule has 2 aromatic rings. The van der Waals surface area contributed by atoms with Crippen molar-refractivity contribution in [3.63, 3.8) is 0 Å². The third kappa shape index (κ3) is 4.53. The van der Waals surface area contributed by atoms with E-state index >= 15 is 0 Å². The van der Waals surface area contributed by atoms with Gasteiger partial charge in [0.25, 0.3) is 0 Å². The van der Waals surface area contributed by atoms with E-state index in [9.17, 15) is 4.79 Å². The van der Waals surface area contributed by atoms with Crippen molar-refractivity contribution in [1.82, 2.24) is 14.5 Å². The van der Waals surface area contributed by atoms with Gasteiger partial charge in [-0.25, -0.2) is 4.98 Å². The fourth-order valence-electron chi connectivity index (χ4n) is 3.86. The summed E-state index contributed by atoms with van der Waals surface area (Å²) in [6, 6.07) is 7.78. The molecule has 146 valence electrons. The van der Waals surface area contributed by atoms with Crippen molar-refractivity contribution < 1.29 is 9.53 Å². The molecule has 0 amide bonds. The van der Waals surface area contributed by atoms with Gasteiger partial charge in [0.2, 0.25) is 0 Å². The second kappa shape index (κ2) is 8.89. The van der Waals surface area contributed by atoms with Gasteiger partial charge in [-0.1, -0.05) is 29.8 Å². The molecule has 1 saturated heterocycles. The normalized spacial score (nSPS) is 17.0. The summed E-state index contributed by atoms with van der Waals surface area (Å²) in [4.78, 5) is 19.7. The van der Waals surface area contributed by atoms with Gasteiger partial charge in [0.1, 0.15) is 5.82 Å². The number of imidazole rings is 1. The summed E-state index contributed by atoms with van der Waals surface area (Å²) in [6.45, 7) is 7.81. The third-order valence-electron chi connectivity index (χ3n) is 5.52. The van der Waals surface area contributed by atoms with E-state index in [0.29, 0.717) is 18.1 Å². The van der Waals surface area contributed by atoms with Crippen molar-refractivity contribution in [2.24, 2.45) is 5.41 Å². The Bertz CT molecular complexity index is 766. The molecule has 3 rings (SSSR count). The van der Waals surface area contributed by atoms with Crippen LogP contribution in [0.1, 0.15) is 38.1 Å². The summed E-state index contributed by atoms with van der Waals surface area (Å²) >= 11 is 6.37. The summed E-state index contributed by atoms with van der Waals surface area (Å²) in [6.07, 6.45) is 6.03. The highest BCUT2D eigenvalue weighted by molar-refractivity contribution is 6.31. The predicted octanol–water partition coefficient (Wildman–Crippen LogP) is 3.94. The molecule has 0 bridgehead atoms. The van der Waals surface area contributed by atoms with E-state index in [1.165, 1.54) is 0 Å². The molecule has 0 N–H and O–H groups in total. The maximum atomic E-state index is 12.9. The Morgan fingerprint density at radius 1 is 1.26 bits per heavy atom. The van der Waals surface area contributed by atoms with Crippen molar-refractivity contribution in [3.05, 3.63) is 53.1 Å². The lowest BCUT2D eigenvalue weighted by Gasteiger charge is -2.40. The van der Waals surface area contributed by atoms with Crippen LogP contribution < -0.4 is 0 Å². The number of esters is 1. The van der Waals surface area contributed by atoms with Gasteiger partial charge in [0.15, 0.2) is 0 Å². The number of hydrogen-bond donors (Lipinski definition) is 0. The van der Waals surface area contributed by atoms with E-state index in [-0.39, 0.29) is 5.97 Å². The summed E-state index contributed by atoms with van der Waals surface area (Å²) in [5, 5.41) is 0.716. The van der Waals surface area contributed by atoms with E-state index in [2.05, 4.69) is 21.4 Å². The van der Waals surface area contributed by atoms with Crippen LogP contribution in [-0.2, 0) is 29.0 Å². The Morgan fingerprint density at radius 3 is 2.67 bits per heavy atom. The Kier molecular flexibility index (Phi) is 6.55. The number of benzene rings is 1. The highest BCUT2D eigenvalue weighted by Crippen LogP contribution is 2.38. The van der Waals surface area contributed by atoms with Crippen molar-refractivity contribution in [3.8, 4) is 0 Å². The van der Waals surface area contributed by atoms with Gasteiger partial charge >= 0.3 is 5.97 Å². The van der Waals surface area contributed by atoms with E-state index < -0.39 is 5.41 Å². The third-order valence-corrected chi connectivity index (χ3v) is 5.88. The van der Waals surface area contributed by atoms with E-state index in [1.807, 2.05) is 43.6 Å². The molecule has 2 heterocycles. The fraction of sp³-hybridized carbons (Fsp3) is 0.524. The monoisotopic (exact) mass is 389 g/mol. The number of ether oxygens (including phenoxy) is 1. The van der Waals surface area contributed by atoms with Crippen LogP contribution in [0.2, 0.25) is 5.02 Å². The molecule has 5 nitrogen and oxygen atoms in total. The molecule has 0 spiro atoms. The average Bonchev–Trinajstić information content (AvgIpc) is 3.12. The van der Waals surface area contributed by atoms with Crippen LogP contribution in [0.5, 0.6) is 0 Å². The molecule has 6 heteroatoms. The first-order valence-electron chi connectivity index (χ1n) is 9.71. The first-order chi connectivity index (χ1) is 13.1. The summed E-state index contributed by atoms with van der Waals surface area (Å²) in [5.41, 5.74) is 0.514. The molecule has 1 aliphatic heterocycles. The van der Waals surface area contributed by atoms with Crippen molar-refractivity contribution in [2.75, 3.05) is 19.7 Å². The number of nitrogens with zero attached hydrogens (tertiary/aromatic N) is 3. The van der Waals surface area contributed by atoms with Gasteiger partial charge in [0.05, 0.1) is 18.6 Å². The minimum atomic E-state index is -0.502. The molecule has 1 aliphatic rings. The van der Waals surface area contributed by atoms with Gasteiger partial charge in [-0.3, -0.25) is 9.69 Å². The van der Waals surface area contributed by atoms with E-state index in [1.54, 1.807) is 0 Å². The van der Waals surface area contributed by atoms with Crippen LogP contribution in [0.15, 0.2) is 36.7 Å². The molecule has 0 aliphatic carbocycles. The van der Waals surface area contributed by atoms with Crippen LogP contribution in [-0.4, -0.2) is 40.1 Å². The highest BCUT2D eigenvalue weighted by Gasteiger charge is 2.43. The average molecular weight is 390 g/mol. The van der Waals surface area contributed by atoms with Crippen LogP contribution in [0, 0.1) is 5.41 Å². The lowest BCUT2D eigenvalue weighted by molar-refractivity contribution is -0.158. The summed E-state index contributed by atoms with van der Waals surface area (Å²) < 4.78 is 7.62. The molecule has 0 atom stereocenters. The number of aryl methyl sites for hydroxylation is 1. The lowest BCUT2D eigenvalue weighted by atomic mass is 9.73. The van der Waals surface area contributed by atoms with Gasteiger partial charge in [-0.2, -0.15) is 0 Å². The van der Waals surface area contributed by atoms with Crippen LogP contribution in [0.25, 0.3) is 0 Å². The van der Waals surface area contributed by atoms with Crippen molar-refractivity contribution >= 4 is 17.6 Å². The van der Waals surface area contributed by atoms with E-state index in [4.69, 9.17) is 16.3 Å². The molecule has 0 saturated carbocycles. The predicted molar refractivity (Wildman–Crippen MR) is 107 cm³/mol. The molecule has 0 radical (unpaired) electrons. The highest BCUT2D eigenvalue weighted by atomic mass is 35.5. The number of rotatable bonds is 7. The van der Waals surface area contributed by atoms with Crippen molar-refractivity contribution in [2.45, 2.75) is 46.2 Å². The number of likely N-dealkylation sites (tertiary alicyclic amines) is 1. The second-order valence-electron chi connectivity index (χ2n) is 7.17. The number of carbonyl (C=O) groups is 1. The van der Waals surface area contributed by atoms with Crippen molar-refractivity contribution in [1.29, 1.82) is 0 Å². The Balaban J connectivity index is 1.72. The zero-order chi connectivity index (χ0) is 19.3. The molecular formula is C21H28ClN3O2. The number of aromatic nitrogens is 2. The molecule has 1 fully saturated rings. The number of piperidine rings is 1. The Labute approximate surface area is 166 Å². The number of carbonyl (C=O) groups excluding carboxylic acids is 1. The number of halogens is 1. The van der Waals surface area contributed by atoms with Gasteiger partial charge < -0.3 is 9.30 Å². The molecule has 1 aromatic heterocycles. The lowest BCUT2D eigenvalue weighted by Crippen LogP contribution is -2.46. The van der Waals surface area contributed by atoms with Crippen LogP contribution in [0.4, 0.5) is 0 Å². The smallest absolute Gasteiger partial charge is 0.312 e. The largest absolute Gasteiger partial charge is 0.466 e. The molecular weight excluding hydrogens is 362 g/mol. The standard InChI is InChI=1S/C21H28ClN3O2/c1-3-25-14-11-23-19(25)16-24-12-9-21(10-13-24,20(26)27-4-2)15-17-7-5-6-8-18(17)22/h5-8,11,14H,3-4,9-10,12-13,15-16H2,1-2H3. The maximum absolute atomic E-state index is 12.9. The zero-order valence-corrected chi connectivity index (χ0v) is 16.9. The SMILES string of the molecule is CCOC(=O)C1(Cc2ccccc2Cl)CCN(Cc2nccn2CC)CC1. The molecule has 1 aromatic carbocycles. The van der Waals surface area contributed by atoms with Gasteiger partial charge in [-0.15, -0.1) is 0 Å². The number of hydrogen-bond acceptors (Lipinski definition) is 4. The van der Waals surface area contributed by atoms with Gasteiger partial charge in [0, 0.05) is 24.0 Å². The summed E-state index contributed by atoms with van der Waals surface area (Å²) in [7, 11) is 0. The minimum Gasteiger partial charge on any atom is -0.466 e. The minimum absolute atomic E-state index is 0.0976. The zero-order valence-electron chi connectivity index (χ0n) is 16.2. The first-order valence-corrected chi connectivity index (χ1v) is 10.1. The maximum Gasteiger partial charge on any atom is 0.312 e. The summed E-state index contributed by atoms with van der Waals surface area (Å²) in [5.74, 6) is 0.979. The Hall–Kier alpha value is -1.85. The first kappa shape index (κ1) is 19.9. The van der Waals surface area contributed by atoms with Crippen LogP contribution >= 0.6 is 11.6 Å². The van der Waals surface area contributed by atoms with E-state index in [0.717, 1.165) is 50.4 Å². The van der Waals surface area contributed by atoms with Gasteiger partial charge in [-0.05, 0) is 57.8 Å². The molecule has 0 unspecified atom stereocenters. The quantitative estimate of drug-likeness (QED) is 0.673. The molecule has 27 heavy (non-hydrogen) atoms. The fourth-order valence-corrected chi connectivity index (χ4v) is 4.06. The topological polar surface area (TPSA) is 47.4 Å². The Morgan fingerprint density at radius 2 is 2.00 bits per heavy atom. The van der Waals surface area contributed by atoms with Crippen LogP contribution in [0.3, 0.4) is 0 Å².